The predicted octanol–water partition coefficient (Wildman–Crippen LogP) is 17.9. The van der Waals surface area contributed by atoms with Gasteiger partial charge in [0.25, 0.3) is 0 Å². The first-order chi connectivity index (χ1) is 32.5. The standard InChI is InChI=1S/C63H43NO2/c1-63(2)52-25-13-9-22-46(52)47-34-33-44(39-53(47)63)64(54-26-14-10-21-45(54)40-17-5-3-6-18-40)43-31-29-42(30-32-43)60-49(36-38-58-62(60)51-24-12-16-28-56(51)66-58)48-35-37-57-61(50-23-11-15-27-55(50)65-57)59(48)41-19-7-4-8-20-41/h3-39H,1-2H3. The maximum atomic E-state index is 6.62. The van der Waals surface area contributed by atoms with Crippen LogP contribution in [0.4, 0.5) is 17.1 Å². The molecule has 0 bridgehead atoms. The Hall–Kier alpha value is -8.40. The zero-order valence-electron chi connectivity index (χ0n) is 36.6. The normalized spacial score (nSPS) is 12.8. The van der Waals surface area contributed by atoms with Crippen LogP contribution >= 0.6 is 0 Å². The maximum Gasteiger partial charge on any atom is 0.136 e. The zero-order chi connectivity index (χ0) is 43.9. The van der Waals surface area contributed by atoms with Crippen molar-refractivity contribution in [2.75, 3.05) is 4.90 Å². The molecule has 66 heavy (non-hydrogen) atoms. The third-order valence-electron chi connectivity index (χ3n) is 13.9. The van der Waals surface area contributed by atoms with Gasteiger partial charge in [-0.1, -0.05) is 172 Å². The van der Waals surface area contributed by atoms with Crippen LogP contribution in [-0.4, -0.2) is 0 Å². The highest BCUT2D eigenvalue weighted by molar-refractivity contribution is 6.20. The lowest BCUT2D eigenvalue weighted by Crippen LogP contribution is -2.16. The Labute approximate surface area is 383 Å². The lowest BCUT2D eigenvalue weighted by molar-refractivity contribution is 0.660. The molecule has 3 heteroatoms. The molecule has 1 aliphatic rings. The maximum absolute atomic E-state index is 6.62. The minimum Gasteiger partial charge on any atom is -0.456 e. The van der Waals surface area contributed by atoms with E-state index in [1.807, 2.05) is 12.1 Å². The lowest BCUT2D eigenvalue weighted by atomic mass is 9.82. The molecule has 1 aliphatic carbocycles. The van der Waals surface area contributed by atoms with E-state index < -0.39 is 0 Å². The van der Waals surface area contributed by atoms with E-state index in [0.29, 0.717) is 0 Å². The molecule has 2 aromatic heterocycles. The fraction of sp³-hybridized carbons (Fsp3) is 0.0476. The number of benzene rings is 10. The van der Waals surface area contributed by atoms with Gasteiger partial charge in [-0.2, -0.15) is 0 Å². The fourth-order valence-corrected chi connectivity index (χ4v) is 10.9. The van der Waals surface area contributed by atoms with Gasteiger partial charge in [0, 0.05) is 55.0 Å². The summed E-state index contributed by atoms with van der Waals surface area (Å²) in [5.74, 6) is 0. The van der Waals surface area contributed by atoms with Gasteiger partial charge >= 0.3 is 0 Å². The van der Waals surface area contributed by atoms with Crippen LogP contribution in [0, 0.1) is 0 Å². The number of hydrogen-bond donors (Lipinski definition) is 0. The van der Waals surface area contributed by atoms with E-state index in [-0.39, 0.29) is 5.41 Å². The summed E-state index contributed by atoms with van der Waals surface area (Å²) in [5.41, 5.74) is 21.0. The van der Waals surface area contributed by atoms with Crippen molar-refractivity contribution in [3.8, 4) is 55.6 Å². The second kappa shape index (κ2) is 14.8. The van der Waals surface area contributed by atoms with Gasteiger partial charge < -0.3 is 13.7 Å². The first-order valence-electron chi connectivity index (χ1n) is 22.7. The van der Waals surface area contributed by atoms with E-state index in [1.165, 1.54) is 27.8 Å². The largest absolute Gasteiger partial charge is 0.456 e. The zero-order valence-corrected chi connectivity index (χ0v) is 36.6. The van der Waals surface area contributed by atoms with E-state index in [0.717, 1.165) is 99.9 Å². The van der Waals surface area contributed by atoms with Gasteiger partial charge in [-0.05, 0) is 117 Å². The van der Waals surface area contributed by atoms with Crippen LogP contribution in [0.25, 0.3) is 99.5 Å². The van der Waals surface area contributed by atoms with Crippen molar-refractivity contribution in [1.82, 2.24) is 0 Å². The molecule has 0 aliphatic heterocycles. The number of furan rings is 2. The van der Waals surface area contributed by atoms with Crippen molar-refractivity contribution in [1.29, 1.82) is 0 Å². The molecule has 0 saturated carbocycles. The Morgan fingerprint density at radius 2 is 0.803 bits per heavy atom. The van der Waals surface area contributed by atoms with Gasteiger partial charge in [0.1, 0.15) is 22.3 Å². The average Bonchev–Trinajstić information content (AvgIpc) is 4.02. The summed E-state index contributed by atoms with van der Waals surface area (Å²) < 4.78 is 13.1. The van der Waals surface area contributed by atoms with E-state index >= 15 is 0 Å². The first-order valence-corrected chi connectivity index (χ1v) is 22.7. The van der Waals surface area contributed by atoms with Gasteiger partial charge in [-0.3, -0.25) is 0 Å². The summed E-state index contributed by atoms with van der Waals surface area (Å²) in [6.45, 7) is 4.71. The Morgan fingerprint density at radius 1 is 0.333 bits per heavy atom. The van der Waals surface area contributed by atoms with Crippen molar-refractivity contribution < 1.29 is 8.83 Å². The highest BCUT2D eigenvalue weighted by atomic mass is 16.3. The summed E-state index contributed by atoms with van der Waals surface area (Å²) >= 11 is 0. The number of hydrogen-bond acceptors (Lipinski definition) is 3. The van der Waals surface area contributed by atoms with Crippen LogP contribution in [-0.2, 0) is 5.41 Å². The molecule has 312 valence electrons. The summed E-state index contributed by atoms with van der Waals surface area (Å²) in [6.07, 6.45) is 0. The number of nitrogens with zero attached hydrogens (tertiary/aromatic N) is 1. The quantitative estimate of drug-likeness (QED) is 0.160. The molecule has 2 heterocycles. The van der Waals surface area contributed by atoms with Gasteiger partial charge in [0.15, 0.2) is 0 Å². The highest BCUT2D eigenvalue weighted by Crippen LogP contribution is 2.53. The summed E-state index contributed by atoms with van der Waals surface area (Å²) in [7, 11) is 0. The molecule has 0 amide bonds. The molecular formula is C63H43NO2. The molecule has 10 aromatic carbocycles. The second-order valence-electron chi connectivity index (χ2n) is 18.0. The van der Waals surface area contributed by atoms with Crippen LogP contribution < -0.4 is 4.90 Å². The summed E-state index contributed by atoms with van der Waals surface area (Å²) in [5, 5.41) is 4.40. The molecule has 3 nitrogen and oxygen atoms in total. The van der Waals surface area contributed by atoms with Gasteiger partial charge in [0.2, 0.25) is 0 Å². The molecule has 0 saturated heterocycles. The van der Waals surface area contributed by atoms with Crippen molar-refractivity contribution in [3.63, 3.8) is 0 Å². The van der Waals surface area contributed by atoms with E-state index in [9.17, 15) is 0 Å². The molecule has 0 N–H and O–H groups in total. The number of rotatable bonds is 7. The molecule has 13 rings (SSSR count). The van der Waals surface area contributed by atoms with Crippen molar-refractivity contribution in [3.05, 3.63) is 236 Å². The Kier molecular flexibility index (Phi) is 8.56. The number of anilines is 3. The van der Waals surface area contributed by atoms with Crippen molar-refractivity contribution in [2.45, 2.75) is 19.3 Å². The lowest BCUT2D eigenvalue weighted by Gasteiger charge is -2.30. The smallest absolute Gasteiger partial charge is 0.136 e. The van der Waals surface area contributed by atoms with Crippen LogP contribution in [0.15, 0.2) is 233 Å². The SMILES string of the molecule is CC1(C)c2ccccc2-c2ccc(N(c3ccc(-c4c(-c5ccc6oc7ccccc7c6c5-c5ccccc5)ccc5oc6ccccc6c45)cc3)c3ccccc3-c3ccccc3)cc21. The molecular weight excluding hydrogens is 803 g/mol. The topological polar surface area (TPSA) is 29.5 Å². The summed E-state index contributed by atoms with van der Waals surface area (Å²) in [4.78, 5) is 2.44. The number of para-hydroxylation sites is 3. The Balaban J connectivity index is 1.04. The monoisotopic (exact) mass is 845 g/mol. The highest BCUT2D eigenvalue weighted by Gasteiger charge is 2.36. The molecule has 0 unspecified atom stereocenters. The van der Waals surface area contributed by atoms with Crippen LogP contribution in [0.1, 0.15) is 25.0 Å². The Bertz CT molecular complexity index is 3840. The molecule has 0 spiro atoms. The predicted molar refractivity (Wildman–Crippen MR) is 275 cm³/mol. The molecule has 0 atom stereocenters. The Morgan fingerprint density at radius 3 is 1.44 bits per heavy atom. The minimum atomic E-state index is -0.150. The van der Waals surface area contributed by atoms with Crippen LogP contribution in [0.2, 0.25) is 0 Å². The molecule has 0 radical (unpaired) electrons. The van der Waals surface area contributed by atoms with E-state index in [2.05, 4.69) is 231 Å². The summed E-state index contributed by atoms with van der Waals surface area (Å²) in [6, 6.07) is 80.9. The third-order valence-corrected chi connectivity index (χ3v) is 13.9. The van der Waals surface area contributed by atoms with Gasteiger partial charge in [-0.15, -0.1) is 0 Å². The van der Waals surface area contributed by atoms with Crippen molar-refractivity contribution >= 4 is 60.9 Å². The molecule has 0 fully saturated rings. The minimum absolute atomic E-state index is 0.150. The fourth-order valence-electron chi connectivity index (χ4n) is 10.9. The van der Waals surface area contributed by atoms with Gasteiger partial charge in [-0.25, -0.2) is 0 Å². The first kappa shape index (κ1) is 38.1. The van der Waals surface area contributed by atoms with E-state index in [1.54, 1.807) is 0 Å². The van der Waals surface area contributed by atoms with Gasteiger partial charge in [0.05, 0.1) is 5.69 Å². The molecule has 12 aromatic rings. The third kappa shape index (κ3) is 5.83. The van der Waals surface area contributed by atoms with Crippen LogP contribution in [0.5, 0.6) is 0 Å². The van der Waals surface area contributed by atoms with E-state index in [4.69, 9.17) is 8.83 Å². The van der Waals surface area contributed by atoms with Crippen molar-refractivity contribution in [2.24, 2.45) is 0 Å². The second-order valence-corrected chi connectivity index (χ2v) is 18.0. The average molecular weight is 846 g/mol. The number of fused-ring (bicyclic) bond motifs is 9. The van der Waals surface area contributed by atoms with Crippen LogP contribution in [0.3, 0.4) is 0 Å².